The number of aromatic nitrogens is 4. The summed E-state index contributed by atoms with van der Waals surface area (Å²) in [5.41, 5.74) is 1.60. The number of nitrogens with zero attached hydrogens (tertiary/aromatic N) is 5. The van der Waals surface area contributed by atoms with Gasteiger partial charge in [0.15, 0.2) is 5.82 Å². The zero-order chi connectivity index (χ0) is 20.3. The van der Waals surface area contributed by atoms with Crippen molar-refractivity contribution in [1.29, 1.82) is 0 Å². The van der Waals surface area contributed by atoms with Crippen LogP contribution in [0.3, 0.4) is 0 Å². The molecular weight excluding hydrogens is 370 g/mol. The molecule has 0 bridgehead atoms. The molecule has 8 heteroatoms. The lowest BCUT2D eigenvalue weighted by molar-refractivity contribution is 0.121. The monoisotopic (exact) mass is 393 g/mol. The second kappa shape index (κ2) is 7.90. The molecule has 0 atom stereocenters. The van der Waals surface area contributed by atoms with E-state index in [1.54, 1.807) is 11.9 Å². The molecule has 1 aliphatic rings. The topological polar surface area (TPSA) is 93.4 Å². The second-order valence-electron chi connectivity index (χ2n) is 7.17. The fourth-order valence-electron chi connectivity index (χ4n) is 3.97. The van der Waals surface area contributed by atoms with E-state index in [1.165, 1.54) is 4.90 Å². The lowest BCUT2D eigenvalue weighted by Crippen LogP contribution is -2.45. The minimum atomic E-state index is -0.889. The van der Waals surface area contributed by atoms with Crippen LogP contribution in [0.4, 0.5) is 4.79 Å². The van der Waals surface area contributed by atoms with Gasteiger partial charge in [0.1, 0.15) is 5.75 Å². The second-order valence-corrected chi connectivity index (χ2v) is 7.17. The largest absolute Gasteiger partial charge is 0.496 e. The molecule has 150 valence electrons. The van der Waals surface area contributed by atoms with E-state index in [9.17, 15) is 9.90 Å². The molecule has 1 aliphatic heterocycles. The van der Waals surface area contributed by atoms with Crippen LogP contribution in [0.1, 0.15) is 29.8 Å². The molecule has 1 amide bonds. The number of benzene rings is 2. The van der Waals surface area contributed by atoms with Crippen LogP contribution in [0.15, 0.2) is 54.6 Å². The van der Waals surface area contributed by atoms with Gasteiger partial charge in [-0.3, -0.25) is 0 Å². The summed E-state index contributed by atoms with van der Waals surface area (Å²) in [5.74, 6) is 1.41. The number of ether oxygens (including phenoxy) is 1. The van der Waals surface area contributed by atoms with Crippen molar-refractivity contribution in [1.82, 2.24) is 25.1 Å². The summed E-state index contributed by atoms with van der Waals surface area (Å²) < 4.78 is 5.41. The number of piperidine rings is 1. The third-order valence-corrected chi connectivity index (χ3v) is 5.60. The summed E-state index contributed by atoms with van der Waals surface area (Å²) in [6.45, 7) is 1.32. The predicted molar refractivity (Wildman–Crippen MR) is 106 cm³/mol. The van der Waals surface area contributed by atoms with E-state index in [4.69, 9.17) is 9.84 Å². The van der Waals surface area contributed by atoms with Crippen LogP contribution in [-0.2, 0) is 12.0 Å². The zero-order valence-corrected chi connectivity index (χ0v) is 16.2. The van der Waals surface area contributed by atoms with Gasteiger partial charge < -0.3 is 14.7 Å². The highest BCUT2D eigenvalue weighted by atomic mass is 16.5. The quantitative estimate of drug-likeness (QED) is 0.716. The molecule has 0 aliphatic carbocycles. The first kappa shape index (κ1) is 18.9. The van der Waals surface area contributed by atoms with E-state index in [0.29, 0.717) is 38.3 Å². The van der Waals surface area contributed by atoms with Crippen LogP contribution in [0, 0.1) is 0 Å². The van der Waals surface area contributed by atoms with Crippen molar-refractivity contribution >= 4 is 6.09 Å². The van der Waals surface area contributed by atoms with Gasteiger partial charge in [-0.1, -0.05) is 48.5 Å². The lowest BCUT2D eigenvalue weighted by atomic mass is 9.72. The lowest BCUT2D eigenvalue weighted by Gasteiger charge is -2.39. The van der Waals surface area contributed by atoms with E-state index in [1.807, 2.05) is 42.5 Å². The van der Waals surface area contributed by atoms with Crippen LogP contribution in [-0.4, -0.2) is 56.5 Å². The van der Waals surface area contributed by atoms with Crippen molar-refractivity contribution in [2.45, 2.75) is 24.8 Å². The maximum absolute atomic E-state index is 11.4. The first-order chi connectivity index (χ1) is 14.1. The van der Waals surface area contributed by atoms with Gasteiger partial charge in [-0.25, -0.2) is 4.79 Å². The van der Waals surface area contributed by atoms with Gasteiger partial charge in [-0.15, -0.1) is 10.2 Å². The first-order valence-electron chi connectivity index (χ1n) is 9.56. The van der Waals surface area contributed by atoms with E-state index in [-0.39, 0.29) is 0 Å². The fraction of sp³-hybridized carbons (Fsp3) is 0.333. The third kappa shape index (κ3) is 3.65. The van der Waals surface area contributed by atoms with Crippen LogP contribution in [0.2, 0.25) is 0 Å². The Bertz CT molecular complexity index is 981. The number of carboxylic acid groups (broad SMARTS) is 1. The van der Waals surface area contributed by atoms with E-state index < -0.39 is 11.5 Å². The van der Waals surface area contributed by atoms with Gasteiger partial charge in [-0.2, -0.15) is 4.80 Å². The number of carbonyl (C=O) groups is 1. The molecule has 0 spiro atoms. The Morgan fingerprint density at radius 2 is 1.79 bits per heavy atom. The molecule has 1 N–H and O–H groups in total. The highest BCUT2D eigenvalue weighted by Crippen LogP contribution is 2.39. The van der Waals surface area contributed by atoms with E-state index in [0.717, 1.165) is 16.9 Å². The molecule has 0 radical (unpaired) electrons. The van der Waals surface area contributed by atoms with Gasteiger partial charge in [0, 0.05) is 18.7 Å². The fourth-order valence-corrected chi connectivity index (χ4v) is 3.97. The average Bonchev–Trinajstić information content (AvgIpc) is 3.24. The standard InChI is InChI=1S/C21H23N5O3/c1-29-18-10-6-5-7-16(18)15-26-23-19(22-24-26)21(17-8-3-2-4-9-17)11-13-25(14-12-21)20(27)28/h2-10H,11-15H2,1H3,(H,27,28). The molecule has 4 rings (SSSR count). The first-order valence-corrected chi connectivity index (χ1v) is 9.56. The number of rotatable bonds is 5. The van der Waals surface area contributed by atoms with Crippen molar-refractivity contribution in [2.24, 2.45) is 0 Å². The highest BCUT2D eigenvalue weighted by molar-refractivity contribution is 5.65. The van der Waals surface area contributed by atoms with Gasteiger partial charge in [0.2, 0.25) is 0 Å². The molecule has 2 aromatic carbocycles. The number of hydrogen-bond donors (Lipinski definition) is 1. The Morgan fingerprint density at radius 3 is 2.48 bits per heavy atom. The Labute approximate surface area is 168 Å². The minimum absolute atomic E-state index is 0.436. The Morgan fingerprint density at radius 1 is 1.10 bits per heavy atom. The van der Waals surface area contributed by atoms with Crippen LogP contribution in [0.25, 0.3) is 0 Å². The van der Waals surface area contributed by atoms with Crippen molar-refractivity contribution in [3.05, 3.63) is 71.5 Å². The van der Waals surface area contributed by atoms with Crippen molar-refractivity contribution in [3.63, 3.8) is 0 Å². The Hall–Kier alpha value is -3.42. The highest BCUT2D eigenvalue weighted by Gasteiger charge is 2.42. The number of tetrazole rings is 1. The summed E-state index contributed by atoms with van der Waals surface area (Å²) in [5, 5.41) is 22.7. The van der Waals surface area contributed by atoms with Gasteiger partial charge >= 0.3 is 6.09 Å². The number of likely N-dealkylation sites (tertiary alicyclic amines) is 1. The molecular formula is C21H23N5O3. The Kier molecular flexibility index (Phi) is 5.16. The average molecular weight is 393 g/mol. The maximum Gasteiger partial charge on any atom is 0.407 e. The van der Waals surface area contributed by atoms with Crippen LogP contribution in [0.5, 0.6) is 5.75 Å². The number of hydrogen-bond acceptors (Lipinski definition) is 5. The van der Waals surface area contributed by atoms with E-state index in [2.05, 4.69) is 22.4 Å². The molecule has 0 unspecified atom stereocenters. The molecule has 8 nitrogen and oxygen atoms in total. The zero-order valence-electron chi connectivity index (χ0n) is 16.2. The number of para-hydroxylation sites is 1. The molecule has 1 saturated heterocycles. The normalized spacial score (nSPS) is 15.8. The summed E-state index contributed by atoms with van der Waals surface area (Å²) >= 11 is 0. The number of methoxy groups -OCH3 is 1. The van der Waals surface area contributed by atoms with Crippen LogP contribution < -0.4 is 4.74 Å². The molecule has 2 heterocycles. The molecule has 1 aromatic heterocycles. The SMILES string of the molecule is COc1ccccc1Cn1nnc(C2(c3ccccc3)CCN(C(=O)O)CC2)n1. The minimum Gasteiger partial charge on any atom is -0.496 e. The summed E-state index contributed by atoms with van der Waals surface area (Å²) in [7, 11) is 1.64. The van der Waals surface area contributed by atoms with Crippen molar-refractivity contribution in [3.8, 4) is 5.75 Å². The third-order valence-electron chi connectivity index (χ3n) is 5.60. The van der Waals surface area contributed by atoms with Gasteiger partial charge in [0.05, 0.1) is 19.1 Å². The summed E-state index contributed by atoms with van der Waals surface area (Å²) in [6.07, 6.45) is 0.340. The Balaban J connectivity index is 1.65. The smallest absolute Gasteiger partial charge is 0.407 e. The summed E-state index contributed by atoms with van der Waals surface area (Å²) in [6, 6.07) is 17.8. The van der Waals surface area contributed by atoms with Crippen LogP contribution >= 0.6 is 0 Å². The van der Waals surface area contributed by atoms with Gasteiger partial charge in [0.25, 0.3) is 0 Å². The van der Waals surface area contributed by atoms with Crippen molar-refractivity contribution < 1.29 is 14.6 Å². The molecule has 1 fully saturated rings. The molecule has 29 heavy (non-hydrogen) atoms. The molecule has 0 saturated carbocycles. The maximum atomic E-state index is 11.4. The van der Waals surface area contributed by atoms with Crippen molar-refractivity contribution in [2.75, 3.05) is 20.2 Å². The van der Waals surface area contributed by atoms with E-state index >= 15 is 0 Å². The number of amides is 1. The molecule has 3 aromatic rings. The summed E-state index contributed by atoms with van der Waals surface area (Å²) in [4.78, 5) is 14.4. The predicted octanol–water partition coefficient (Wildman–Crippen LogP) is 2.79. The van der Waals surface area contributed by atoms with Gasteiger partial charge in [-0.05, 0) is 29.7 Å².